The van der Waals surface area contributed by atoms with Gasteiger partial charge in [0.2, 0.25) is 0 Å². The maximum Gasteiger partial charge on any atom is 0.168 e. The van der Waals surface area contributed by atoms with E-state index in [0.717, 1.165) is 0 Å². The molecule has 0 rings (SSSR count). The highest BCUT2D eigenvalue weighted by atomic mass is 28.2. The van der Waals surface area contributed by atoms with Crippen molar-refractivity contribution >= 4 is 20.2 Å². The lowest BCUT2D eigenvalue weighted by molar-refractivity contribution is 0.485. The van der Waals surface area contributed by atoms with E-state index < -0.39 is 0 Å². The molecule has 0 spiro atoms. The van der Waals surface area contributed by atoms with Gasteiger partial charge in [0.05, 0.1) is 10.4 Å². The van der Waals surface area contributed by atoms with Gasteiger partial charge in [0.25, 0.3) is 0 Å². The van der Waals surface area contributed by atoms with E-state index in [0.29, 0.717) is 0 Å². The highest BCUT2D eigenvalue weighted by Gasteiger charge is 2.12. The zero-order valence-electron chi connectivity index (χ0n) is 13.6. The Kier molecular flexibility index (Phi) is 10.7. The summed E-state index contributed by atoms with van der Waals surface area (Å²) in [5.41, 5.74) is 0.537. The van der Waals surface area contributed by atoms with Crippen LogP contribution in [0.2, 0.25) is 0 Å². The second-order valence-corrected chi connectivity index (χ2v) is 8.84. The molecule has 5 heteroatoms. The Hall–Kier alpha value is 0.314. The fraction of sp³-hybridized carbons (Fsp3) is 1.00. The Morgan fingerprint density at radius 1 is 0.882 bits per heavy atom. The van der Waals surface area contributed by atoms with Gasteiger partial charge in [-0.1, -0.05) is 13.8 Å². The first-order chi connectivity index (χ1) is 7.52. The lowest BCUT2D eigenvalue weighted by Crippen LogP contribution is -2.50. The van der Waals surface area contributed by atoms with Crippen molar-refractivity contribution < 1.29 is 0 Å². The number of nitrogens with zero attached hydrogens (tertiary/aromatic N) is 1. The average molecular weight is 278 g/mol. The summed E-state index contributed by atoms with van der Waals surface area (Å²) in [6, 6.07) is 0. The Morgan fingerprint density at radius 2 is 1.18 bits per heavy atom. The quantitative estimate of drug-likeness (QED) is 0.727. The van der Waals surface area contributed by atoms with E-state index in [-0.39, 0.29) is 20.9 Å². The molecule has 0 aliphatic carbocycles. The number of nitrogens with one attached hydrogen (secondary N) is 2. The summed E-state index contributed by atoms with van der Waals surface area (Å²) in [4.78, 5) is 7.01. The number of rotatable bonds is 4. The summed E-state index contributed by atoms with van der Waals surface area (Å²) in [6.07, 6.45) is 0. The summed E-state index contributed by atoms with van der Waals surface area (Å²) in [5, 5.41) is 0. The van der Waals surface area contributed by atoms with Crippen LogP contribution >= 0.6 is 0 Å². The van der Waals surface area contributed by atoms with E-state index in [1.807, 2.05) is 0 Å². The summed E-state index contributed by atoms with van der Waals surface area (Å²) in [7, 11) is 0.927. The molecule has 0 aliphatic heterocycles. The van der Waals surface area contributed by atoms with Crippen molar-refractivity contribution in [3.8, 4) is 0 Å². The highest BCUT2D eigenvalue weighted by Crippen LogP contribution is 1.98. The second-order valence-electron chi connectivity index (χ2n) is 6.52. The first-order valence-electron chi connectivity index (χ1n) is 6.70. The molecule has 0 unspecified atom stereocenters. The molecule has 17 heavy (non-hydrogen) atoms. The van der Waals surface area contributed by atoms with Crippen LogP contribution in [0, 0.1) is 0 Å². The third kappa shape index (κ3) is 22.0. The van der Waals surface area contributed by atoms with Crippen LogP contribution in [-0.2, 0) is 0 Å². The van der Waals surface area contributed by atoms with Crippen molar-refractivity contribution in [3.63, 3.8) is 0 Å². The molecule has 0 fully saturated rings. The Morgan fingerprint density at radius 3 is 1.29 bits per heavy atom. The van der Waals surface area contributed by atoms with E-state index in [2.05, 4.69) is 69.9 Å². The van der Waals surface area contributed by atoms with Crippen LogP contribution in [0.1, 0.15) is 55.4 Å². The Bertz CT molecular complexity index is 156. The minimum atomic E-state index is -0.297. The fourth-order valence-electron chi connectivity index (χ4n) is 0.798. The average Bonchev–Trinajstić information content (AvgIpc) is 2.13. The lowest BCUT2D eigenvalue weighted by Gasteiger charge is -2.26. The highest BCUT2D eigenvalue weighted by molar-refractivity contribution is 6.29. The van der Waals surface area contributed by atoms with Crippen LogP contribution in [0.25, 0.3) is 0 Å². The van der Waals surface area contributed by atoms with Crippen molar-refractivity contribution in [3.05, 3.63) is 0 Å². The Labute approximate surface area is 115 Å². The van der Waals surface area contributed by atoms with Gasteiger partial charge in [-0.2, -0.15) is 0 Å². The summed E-state index contributed by atoms with van der Waals surface area (Å²) >= 11 is 0. The fourth-order valence-corrected chi connectivity index (χ4v) is 1.95. The monoisotopic (exact) mass is 277 g/mol. The van der Waals surface area contributed by atoms with E-state index in [1.165, 1.54) is 23.5 Å². The van der Waals surface area contributed by atoms with Crippen molar-refractivity contribution in [2.24, 2.45) is 0 Å². The van der Waals surface area contributed by atoms with E-state index in [9.17, 15) is 0 Å². The first-order valence-corrected chi connectivity index (χ1v) is 9.01. The van der Waals surface area contributed by atoms with Gasteiger partial charge in [0, 0.05) is 11.1 Å². The zero-order valence-corrected chi connectivity index (χ0v) is 17.0. The van der Waals surface area contributed by atoms with Crippen LogP contribution in [0.3, 0.4) is 0 Å². The van der Waals surface area contributed by atoms with Crippen LogP contribution in [-0.4, -0.2) is 49.0 Å². The summed E-state index contributed by atoms with van der Waals surface area (Å²) < 4.78 is 2.39. The zero-order chi connectivity index (χ0) is 14.1. The predicted molar refractivity (Wildman–Crippen MR) is 87.2 cm³/mol. The van der Waals surface area contributed by atoms with Gasteiger partial charge in [-0.15, -0.1) is 0 Å². The molecule has 0 aromatic rings. The maximum atomic E-state index is 3.51. The molecule has 0 radical (unpaired) electrons. The standard InChI is InChI=1S/C8H22N2Si.C4H13NSi/c1-7(2,3)9-11-10-8(4,5)6;1-3-5(6)4-2/h9-10H,11H2,1-6H3;3-4H2,1-2,6H3. The lowest BCUT2D eigenvalue weighted by atomic mass is 10.1. The van der Waals surface area contributed by atoms with Gasteiger partial charge < -0.3 is 14.5 Å². The van der Waals surface area contributed by atoms with Gasteiger partial charge in [-0.25, -0.2) is 0 Å². The molecule has 0 aromatic heterocycles. The third-order valence-electron chi connectivity index (χ3n) is 2.32. The molecule has 0 amide bonds. The molecular weight excluding hydrogens is 242 g/mol. The molecule has 0 heterocycles. The molecule has 106 valence electrons. The SMILES string of the molecule is CC(C)(C)N[SiH2]NC(C)(C)C.CCN([SiH3])CC. The van der Waals surface area contributed by atoms with Crippen molar-refractivity contribution in [1.82, 2.24) is 14.5 Å². The van der Waals surface area contributed by atoms with Gasteiger partial charge in [0.1, 0.15) is 0 Å². The van der Waals surface area contributed by atoms with E-state index in [4.69, 9.17) is 0 Å². The first kappa shape index (κ1) is 19.6. The van der Waals surface area contributed by atoms with Crippen molar-refractivity contribution in [1.29, 1.82) is 0 Å². The van der Waals surface area contributed by atoms with Gasteiger partial charge in [0.15, 0.2) is 9.84 Å². The summed E-state index contributed by atoms with van der Waals surface area (Å²) in [6.45, 7) is 20.0. The second kappa shape index (κ2) is 9.27. The van der Waals surface area contributed by atoms with Gasteiger partial charge >= 0.3 is 0 Å². The molecule has 0 aliphatic rings. The van der Waals surface area contributed by atoms with Crippen molar-refractivity contribution in [2.75, 3.05) is 13.1 Å². The van der Waals surface area contributed by atoms with E-state index >= 15 is 0 Å². The smallest absolute Gasteiger partial charge is 0.168 e. The molecule has 0 saturated heterocycles. The van der Waals surface area contributed by atoms with Crippen LogP contribution in [0.5, 0.6) is 0 Å². The molecule has 0 atom stereocenters. The predicted octanol–water partition coefficient (Wildman–Crippen LogP) is 0.370. The number of hydrogen-bond acceptors (Lipinski definition) is 3. The van der Waals surface area contributed by atoms with E-state index in [1.54, 1.807) is 0 Å². The Balaban J connectivity index is 0. The largest absolute Gasteiger partial charge is 0.333 e. The summed E-state index contributed by atoms with van der Waals surface area (Å²) in [5.74, 6) is 0. The minimum Gasteiger partial charge on any atom is -0.333 e. The molecule has 0 aromatic carbocycles. The van der Waals surface area contributed by atoms with Crippen LogP contribution < -0.4 is 9.96 Å². The van der Waals surface area contributed by atoms with Crippen molar-refractivity contribution in [2.45, 2.75) is 66.5 Å². The number of hydrogen-bond donors (Lipinski definition) is 2. The third-order valence-corrected chi connectivity index (χ3v) is 6.06. The molecule has 2 N–H and O–H groups in total. The molecule has 0 saturated carbocycles. The van der Waals surface area contributed by atoms with Crippen LogP contribution in [0.4, 0.5) is 0 Å². The van der Waals surface area contributed by atoms with Gasteiger partial charge in [-0.3, -0.25) is 0 Å². The van der Waals surface area contributed by atoms with Gasteiger partial charge in [-0.05, 0) is 54.6 Å². The molecular formula is C12H35N3Si2. The topological polar surface area (TPSA) is 27.3 Å². The minimum absolute atomic E-state index is 0.268. The van der Waals surface area contributed by atoms with Crippen LogP contribution in [0.15, 0.2) is 0 Å². The normalized spacial score (nSPS) is 12.5. The molecule has 0 bridgehead atoms. The molecule has 3 nitrogen and oxygen atoms in total. The maximum absolute atomic E-state index is 3.51.